The second-order valence-corrected chi connectivity index (χ2v) is 7.96. The van der Waals surface area contributed by atoms with Crippen LogP contribution < -0.4 is 0 Å². The van der Waals surface area contributed by atoms with Crippen molar-refractivity contribution in [2.45, 2.75) is 45.6 Å². The van der Waals surface area contributed by atoms with Crippen molar-refractivity contribution in [1.29, 1.82) is 0 Å². The molecule has 1 unspecified atom stereocenters. The molecular weight excluding hydrogens is 278 g/mol. The largest absolute Gasteiger partial charge is 0.233 e. The van der Waals surface area contributed by atoms with Gasteiger partial charge in [-0.25, -0.2) is 13.1 Å². The maximum Gasteiger partial charge on any atom is 0.211 e. The number of aromatic nitrogens is 4. The van der Waals surface area contributed by atoms with Crippen molar-refractivity contribution in [3.05, 3.63) is 5.82 Å². The predicted molar refractivity (Wildman–Crippen MR) is 77.6 cm³/mol. The lowest BCUT2D eigenvalue weighted by molar-refractivity contribution is 0.206. The molecule has 1 heterocycles. The molecule has 0 amide bonds. The average Bonchev–Trinajstić information content (AvgIpc) is 2.71. The summed E-state index contributed by atoms with van der Waals surface area (Å²) in [6.07, 6.45) is 3.71. The zero-order valence-electron chi connectivity index (χ0n) is 13.2. The molecule has 8 heteroatoms. The van der Waals surface area contributed by atoms with Gasteiger partial charge in [0.25, 0.3) is 0 Å². The first-order valence-corrected chi connectivity index (χ1v) is 8.58. The summed E-state index contributed by atoms with van der Waals surface area (Å²) < 4.78 is 26.5. The summed E-state index contributed by atoms with van der Waals surface area (Å²) in [5.41, 5.74) is -0.430. The van der Waals surface area contributed by atoms with E-state index >= 15 is 0 Å². The molecule has 0 aliphatic carbocycles. The van der Waals surface area contributed by atoms with Gasteiger partial charge in [0.05, 0.1) is 6.26 Å². The van der Waals surface area contributed by atoms with Crippen LogP contribution in [0.1, 0.15) is 39.4 Å². The minimum atomic E-state index is -3.20. The summed E-state index contributed by atoms with van der Waals surface area (Å²) in [7, 11) is 0.249. The Morgan fingerprint density at radius 1 is 1.40 bits per heavy atom. The number of aryl methyl sites for hydroxylation is 1. The molecule has 7 nitrogen and oxygen atoms in total. The summed E-state index contributed by atoms with van der Waals surface area (Å²) >= 11 is 0. The van der Waals surface area contributed by atoms with Gasteiger partial charge in [-0.3, -0.25) is 0 Å². The molecule has 0 fully saturated rings. The smallest absolute Gasteiger partial charge is 0.211 e. The van der Waals surface area contributed by atoms with E-state index in [0.717, 1.165) is 25.1 Å². The fourth-order valence-corrected chi connectivity index (χ4v) is 3.30. The number of hydrogen-bond donors (Lipinski definition) is 0. The van der Waals surface area contributed by atoms with Gasteiger partial charge in [0.2, 0.25) is 10.0 Å². The molecule has 0 radical (unpaired) electrons. The van der Waals surface area contributed by atoms with Crippen LogP contribution in [0.3, 0.4) is 0 Å². The van der Waals surface area contributed by atoms with Crippen LogP contribution >= 0.6 is 0 Å². The zero-order chi connectivity index (χ0) is 15.6. The molecule has 0 aliphatic heterocycles. The van der Waals surface area contributed by atoms with Crippen LogP contribution in [0.4, 0.5) is 0 Å². The molecule has 0 N–H and O–H groups in total. The summed E-state index contributed by atoms with van der Waals surface area (Å²) in [5, 5.41) is 11.5. The molecule has 0 saturated carbocycles. The molecule has 0 aliphatic rings. The van der Waals surface area contributed by atoms with Gasteiger partial charge in [0.15, 0.2) is 5.82 Å². The van der Waals surface area contributed by atoms with E-state index in [0.29, 0.717) is 5.92 Å². The molecule has 1 aromatic heterocycles. The third-order valence-corrected chi connectivity index (χ3v) is 5.38. The van der Waals surface area contributed by atoms with E-state index in [2.05, 4.69) is 22.4 Å². The second-order valence-electron chi connectivity index (χ2n) is 5.94. The molecule has 1 rings (SSSR count). The van der Waals surface area contributed by atoms with Gasteiger partial charge < -0.3 is 0 Å². The minimum absolute atomic E-state index is 0.332. The first-order chi connectivity index (χ1) is 9.08. The Hall–Kier alpha value is -1.02. The maximum atomic E-state index is 11.7. The zero-order valence-corrected chi connectivity index (χ0v) is 14.0. The Labute approximate surface area is 121 Å². The lowest BCUT2D eigenvalue weighted by Gasteiger charge is -2.36. The number of sulfonamides is 1. The highest BCUT2D eigenvalue weighted by atomic mass is 32.2. The van der Waals surface area contributed by atoms with E-state index in [9.17, 15) is 8.42 Å². The highest BCUT2D eigenvalue weighted by Crippen LogP contribution is 2.27. The van der Waals surface area contributed by atoms with Crippen molar-refractivity contribution in [2.75, 3.05) is 13.3 Å². The molecule has 0 spiro atoms. The van der Waals surface area contributed by atoms with Crippen LogP contribution in [0, 0.1) is 5.92 Å². The van der Waals surface area contributed by atoms with Gasteiger partial charge in [0.1, 0.15) is 0 Å². The molecule has 1 atom stereocenters. The number of nitrogens with zero attached hydrogens (tertiary/aromatic N) is 5. The normalized spacial score (nSPS) is 14.8. The summed E-state index contributed by atoms with van der Waals surface area (Å²) in [5.74, 6) is 1.16. The van der Waals surface area contributed by atoms with Crippen LogP contribution in [-0.2, 0) is 23.5 Å². The minimum Gasteiger partial charge on any atom is -0.233 e. The fourth-order valence-electron chi connectivity index (χ4n) is 2.32. The Morgan fingerprint density at radius 2 is 2.00 bits per heavy atom. The first kappa shape index (κ1) is 17.0. The topological polar surface area (TPSA) is 81.0 Å². The molecule has 0 bridgehead atoms. The lowest BCUT2D eigenvalue weighted by Crippen LogP contribution is -2.45. The van der Waals surface area contributed by atoms with Crippen LogP contribution in [0.2, 0.25) is 0 Å². The van der Waals surface area contributed by atoms with Gasteiger partial charge >= 0.3 is 0 Å². The van der Waals surface area contributed by atoms with Gasteiger partial charge in [-0.15, -0.1) is 5.10 Å². The summed E-state index contributed by atoms with van der Waals surface area (Å²) in [4.78, 5) is 0. The maximum absolute atomic E-state index is 11.7. The van der Waals surface area contributed by atoms with E-state index in [1.54, 1.807) is 11.7 Å². The number of tetrazole rings is 1. The van der Waals surface area contributed by atoms with E-state index in [1.165, 1.54) is 10.6 Å². The second kappa shape index (κ2) is 6.17. The Kier molecular flexibility index (Phi) is 5.26. The van der Waals surface area contributed by atoms with E-state index < -0.39 is 15.6 Å². The number of rotatable bonds is 7. The van der Waals surface area contributed by atoms with Crippen LogP contribution in [-0.4, -0.2) is 51.8 Å². The Morgan fingerprint density at radius 3 is 2.40 bits per heavy atom. The Bertz CT molecular complexity index is 538. The van der Waals surface area contributed by atoms with Gasteiger partial charge in [-0.1, -0.05) is 13.3 Å². The molecule has 0 aromatic carbocycles. The van der Waals surface area contributed by atoms with Gasteiger partial charge in [-0.05, 0) is 36.6 Å². The van der Waals surface area contributed by atoms with E-state index in [-0.39, 0.29) is 0 Å². The van der Waals surface area contributed by atoms with Crippen molar-refractivity contribution < 1.29 is 8.42 Å². The molecular formula is C12H25N5O2S. The van der Waals surface area contributed by atoms with Crippen LogP contribution in [0.25, 0.3) is 0 Å². The third kappa shape index (κ3) is 4.24. The van der Waals surface area contributed by atoms with Crippen molar-refractivity contribution in [2.24, 2.45) is 13.0 Å². The predicted octanol–water partition coefficient (Wildman–Crippen LogP) is 0.839. The first-order valence-electron chi connectivity index (χ1n) is 6.73. The van der Waals surface area contributed by atoms with Crippen molar-refractivity contribution in [3.63, 3.8) is 0 Å². The van der Waals surface area contributed by atoms with Crippen molar-refractivity contribution >= 4 is 10.0 Å². The molecule has 1 aromatic rings. The third-order valence-electron chi connectivity index (χ3n) is 3.89. The average molecular weight is 303 g/mol. The number of hydrogen-bond acceptors (Lipinski definition) is 5. The quantitative estimate of drug-likeness (QED) is 0.745. The fraction of sp³-hybridized carbons (Fsp3) is 0.917. The van der Waals surface area contributed by atoms with E-state index in [1.807, 2.05) is 20.9 Å². The molecule has 0 saturated heterocycles. The van der Waals surface area contributed by atoms with Gasteiger partial charge in [0, 0.05) is 26.1 Å². The summed E-state index contributed by atoms with van der Waals surface area (Å²) in [6, 6.07) is 0. The highest BCUT2D eigenvalue weighted by Gasteiger charge is 2.32. The summed E-state index contributed by atoms with van der Waals surface area (Å²) in [6.45, 7) is 6.00. The molecule has 20 heavy (non-hydrogen) atoms. The van der Waals surface area contributed by atoms with Crippen LogP contribution in [0.15, 0.2) is 0 Å². The SMILES string of the molecule is CCC(Cc1nnnn1C)CC(C)(C)N(C)S(C)(=O)=O. The monoisotopic (exact) mass is 303 g/mol. The molecule has 116 valence electrons. The highest BCUT2D eigenvalue weighted by molar-refractivity contribution is 7.88. The van der Waals surface area contributed by atoms with Crippen molar-refractivity contribution in [3.8, 4) is 0 Å². The van der Waals surface area contributed by atoms with E-state index in [4.69, 9.17) is 0 Å². The standard InChI is InChI=1S/C12H25N5O2S/c1-7-10(8-11-13-14-15-16(11)4)9-12(2,3)17(5)20(6,18)19/h10H,7-9H2,1-6H3. The Balaban J connectivity index is 2.80. The lowest BCUT2D eigenvalue weighted by atomic mass is 9.87. The van der Waals surface area contributed by atoms with Crippen LogP contribution in [0.5, 0.6) is 0 Å². The van der Waals surface area contributed by atoms with Gasteiger partial charge in [-0.2, -0.15) is 4.31 Å². The van der Waals surface area contributed by atoms with Crippen molar-refractivity contribution in [1.82, 2.24) is 24.5 Å².